The summed E-state index contributed by atoms with van der Waals surface area (Å²) in [4.78, 5) is 0. The van der Waals surface area contributed by atoms with Crippen LogP contribution >= 0.6 is 0 Å². The number of hydrogen-bond acceptors (Lipinski definition) is 0. The molecule has 1 aromatic rings. The van der Waals surface area contributed by atoms with Crippen molar-refractivity contribution in [1.29, 1.82) is 0 Å². The molecule has 0 aromatic heterocycles. The van der Waals surface area contributed by atoms with Crippen molar-refractivity contribution in [1.82, 2.24) is 0 Å². The minimum atomic E-state index is 0.174. The van der Waals surface area contributed by atoms with Gasteiger partial charge < -0.3 is 0 Å². The average Bonchev–Trinajstić information content (AvgIpc) is 2.26. The van der Waals surface area contributed by atoms with Crippen LogP contribution in [0.3, 0.4) is 0 Å². The Hall–Kier alpha value is -1.30. The van der Waals surface area contributed by atoms with E-state index in [9.17, 15) is 0 Å². The van der Waals surface area contributed by atoms with Gasteiger partial charge in [-0.15, -0.1) is 0 Å². The van der Waals surface area contributed by atoms with E-state index in [1.165, 1.54) is 16.7 Å². The molecule has 0 bridgehead atoms. The molecule has 72 valence electrons. The Morgan fingerprint density at radius 3 is 2.29 bits per heavy atom. The summed E-state index contributed by atoms with van der Waals surface area (Å²) in [5, 5.41) is 0. The van der Waals surface area contributed by atoms with Crippen LogP contribution < -0.4 is 0 Å². The van der Waals surface area contributed by atoms with Crippen molar-refractivity contribution in [2.24, 2.45) is 5.41 Å². The van der Waals surface area contributed by atoms with Gasteiger partial charge in [-0.25, -0.2) is 0 Å². The number of aryl methyl sites for hydroxylation is 1. The first-order valence-corrected chi connectivity index (χ1v) is 5.06. The maximum Gasteiger partial charge on any atom is 0.00111 e. The molecule has 1 aromatic carbocycles. The van der Waals surface area contributed by atoms with Crippen LogP contribution in [0.5, 0.6) is 0 Å². The van der Waals surface area contributed by atoms with Crippen molar-refractivity contribution in [3.8, 4) is 0 Å². The normalized spacial score (nSPS) is 17.6. The highest BCUT2D eigenvalue weighted by Gasteiger charge is 2.11. The molecule has 0 saturated carbocycles. The fourth-order valence-electron chi connectivity index (χ4n) is 1.65. The Balaban J connectivity index is 2.54. The summed E-state index contributed by atoms with van der Waals surface area (Å²) in [5.41, 5.74) is 4.14. The first-order valence-electron chi connectivity index (χ1n) is 5.06. The van der Waals surface area contributed by atoms with Crippen LogP contribution in [0.1, 0.15) is 30.5 Å². The number of hydrogen-bond donors (Lipinski definition) is 0. The lowest BCUT2D eigenvalue weighted by Gasteiger charge is -2.11. The van der Waals surface area contributed by atoms with E-state index in [0.717, 1.165) is 0 Å². The third-order valence-electron chi connectivity index (χ3n) is 2.63. The summed E-state index contributed by atoms with van der Waals surface area (Å²) in [6, 6.07) is 6.58. The molecule has 0 fully saturated rings. The van der Waals surface area contributed by atoms with Gasteiger partial charge in [0.25, 0.3) is 0 Å². The van der Waals surface area contributed by atoms with Crippen molar-refractivity contribution < 1.29 is 0 Å². The second-order valence-electron chi connectivity index (χ2n) is 4.62. The highest BCUT2D eigenvalue weighted by atomic mass is 14.2. The Kier molecular flexibility index (Phi) is 2.07. The molecule has 0 nitrogen and oxygen atoms in total. The topological polar surface area (TPSA) is 0 Å². The van der Waals surface area contributed by atoms with Gasteiger partial charge in [0.1, 0.15) is 0 Å². The van der Waals surface area contributed by atoms with Gasteiger partial charge in [0.2, 0.25) is 0 Å². The molecule has 0 radical (unpaired) electrons. The Morgan fingerprint density at radius 2 is 1.57 bits per heavy atom. The van der Waals surface area contributed by atoms with Crippen molar-refractivity contribution >= 4 is 12.2 Å². The van der Waals surface area contributed by atoms with Crippen LogP contribution in [0.15, 0.2) is 30.4 Å². The lowest BCUT2D eigenvalue weighted by atomic mass is 9.93. The van der Waals surface area contributed by atoms with Crippen LogP contribution in [-0.4, -0.2) is 0 Å². The van der Waals surface area contributed by atoms with Crippen molar-refractivity contribution in [2.45, 2.75) is 20.8 Å². The van der Waals surface area contributed by atoms with Gasteiger partial charge >= 0.3 is 0 Å². The molecule has 0 heterocycles. The molecule has 0 amide bonds. The second kappa shape index (κ2) is 3.13. The van der Waals surface area contributed by atoms with Gasteiger partial charge in [-0.2, -0.15) is 0 Å². The lowest BCUT2D eigenvalue weighted by Crippen LogP contribution is -1.99. The van der Waals surface area contributed by atoms with Crippen molar-refractivity contribution in [2.75, 3.05) is 0 Å². The predicted octanol–water partition coefficient (Wildman–Crippen LogP) is 4.06. The van der Waals surface area contributed by atoms with Crippen molar-refractivity contribution in [3.05, 3.63) is 47.0 Å². The first-order chi connectivity index (χ1) is 6.57. The van der Waals surface area contributed by atoms with E-state index in [1.54, 1.807) is 0 Å². The molecule has 0 atom stereocenters. The Labute approximate surface area is 86.0 Å². The summed E-state index contributed by atoms with van der Waals surface area (Å²) in [7, 11) is 0. The van der Waals surface area contributed by atoms with Crippen LogP contribution in [0, 0.1) is 12.3 Å². The number of allylic oxidation sites excluding steroid dienone is 2. The molecule has 0 heteroatoms. The molecule has 0 aliphatic heterocycles. The van der Waals surface area contributed by atoms with E-state index in [0.29, 0.717) is 0 Å². The van der Waals surface area contributed by atoms with Gasteiger partial charge in [-0.3, -0.25) is 0 Å². The zero-order chi connectivity index (χ0) is 10.2. The number of fused-ring (bicyclic) bond motifs is 1. The maximum absolute atomic E-state index is 2.26. The summed E-state index contributed by atoms with van der Waals surface area (Å²) in [5.74, 6) is 0. The Bertz CT molecular complexity index is 406. The smallest absolute Gasteiger partial charge is 0.00111 e. The monoisotopic (exact) mass is 184 g/mol. The minimum absolute atomic E-state index is 0.174. The maximum atomic E-state index is 2.26. The third-order valence-corrected chi connectivity index (χ3v) is 2.63. The molecule has 0 unspecified atom stereocenters. The van der Waals surface area contributed by atoms with Crippen molar-refractivity contribution in [3.63, 3.8) is 0 Å². The summed E-state index contributed by atoms with van der Waals surface area (Å²) < 4.78 is 0. The fraction of sp³-hybridized carbons (Fsp3) is 0.286. The van der Waals surface area contributed by atoms with E-state index in [-0.39, 0.29) is 5.41 Å². The first kappa shape index (κ1) is 9.26. The number of benzene rings is 1. The predicted molar refractivity (Wildman–Crippen MR) is 63.0 cm³/mol. The molecule has 0 N–H and O–H groups in total. The zero-order valence-corrected chi connectivity index (χ0v) is 9.04. The van der Waals surface area contributed by atoms with E-state index >= 15 is 0 Å². The molecular formula is C14H16. The highest BCUT2D eigenvalue weighted by Crippen LogP contribution is 2.27. The van der Waals surface area contributed by atoms with E-state index in [4.69, 9.17) is 0 Å². The van der Waals surface area contributed by atoms with E-state index in [2.05, 4.69) is 63.3 Å². The molecule has 0 spiro atoms. The molecule has 1 aliphatic carbocycles. The second-order valence-corrected chi connectivity index (χ2v) is 4.62. The van der Waals surface area contributed by atoms with Gasteiger partial charge in [0, 0.05) is 5.41 Å². The van der Waals surface area contributed by atoms with Gasteiger partial charge in [-0.1, -0.05) is 61.9 Å². The largest absolute Gasteiger partial charge is 0.0745 e. The lowest BCUT2D eigenvalue weighted by molar-refractivity contribution is 0.633. The highest BCUT2D eigenvalue weighted by molar-refractivity contribution is 5.69. The molecule has 14 heavy (non-hydrogen) atoms. The van der Waals surface area contributed by atoms with Gasteiger partial charge in [-0.05, 0) is 18.1 Å². The van der Waals surface area contributed by atoms with Crippen LogP contribution in [-0.2, 0) is 0 Å². The molecule has 0 saturated heterocycles. The van der Waals surface area contributed by atoms with Crippen LogP contribution in [0.4, 0.5) is 0 Å². The average molecular weight is 184 g/mol. The minimum Gasteiger partial charge on any atom is -0.0745 e. The standard InChI is InChI=1S/C14H16/c1-11-4-5-12-6-8-14(2,3)9-7-13(12)10-11/h4-10H,1-3H3. The van der Waals surface area contributed by atoms with Gasteiger partial charge in [0.15, 0.2) is 0 Å². The SMILES string of the molecule is Cc1ccc2c(c1)C=CC(C)(C)C=C2. The van der Waals surface area contributed by atoms with E-state index < -0.39 is 0 Å². The van der Waals surface area contributed by atoms with E-state index in [1.807, 2.05) is 0 Å². The quantitative estimate of drug-likeness (QED) is 0.570. The van der Waals surface area contributed by atoms with Crippen LogP contribution in [0.25, 0.3) is 12.2 Å². The molecule has 1 aliphatic rings. The summed E-state index contributed by atoms with van der Waals surface area (Å²) in [6.45, 7) is 6.57. The third kappa shape index (κ3) is 1.79. The van der Waals surface area contributed by atoms with Crippen LogP contribution in [0.2, 0.25) is 0 Å². The molecule has 2 rings (SSSR count). The fourth-order valence-corrected chi connectivity index (χ4v) is 1.65. The molecular weight excluding hydrogens is 168 g/mol. The summed E-state index contributed by atoms with van der Waals surface area (Å²) >= 11 is 0. The van der Waals surface area contributed by atoms with Gasteiger partial charge in [0.05, 0.1) is 0 Å². The summed E-state index contributed by atoms with van der Waals surface area (Å²) in [6.07, 6.45) is 8.95. The zero-order valence-electron chi connectivity index (χ0n) is 9.04. The Morgan fingerprint density at radius 1 is 0.929 bits per heavy atom. The number of rotatable bonds is 0.